The molecule has 0 aliphatic rings. The number of halogens is 3. The van der Waals surface area contributed by atoms with Crippen LogP contribution in [0.15, 0.2) is 29.2 Å². The molecule has 1 rings (SSSR count). The van der Waals surface area contributed by atoms with E-state index in [0.29, 0.717) is 0 Å². The Morgan fingerprint density at radius 1 is 1.31 bits per heavy atom. The van der Waals surface area contributed by atoms with Gasteiger partial charge in [-0.3, -0.25) is 0 Å². The minimum atomic E-state index is -4.76. The summed E-state index contributed by atoms with van der Waals surface area (Å²) in [4.78, 5) is -0.389. The Kier molecular flexibility index (Phi) is 2.72. The van der Waals surface area contributed by atoms with Crippen molar-refractivity contribution < 1.29 is 17.7 Å². The van der Waals surface area contributed by atoms with Crippen molar-refractivity contribution in [2.45, 2.75) is 10.4 Å². The van der Waals surface area contributed by atoms with E-state index in [1.165, 1.54) is 12.1 Å². The van der Waals surface area contributed by atoms with Crippen LogP contribution in [-0.2, 0) is 11.2 Å². The minimum absolute atomic E-state index is 0.0879. The van der Waals surface area contributed by atoms with Gasteiger partial charge in [-0.1, -0.05) is 6.07 Å². The highest BCUT2D eigenvalue weighted by Crippen LogP contribution is 2.30. The number of nitrogens with one attached hydrogen (secondary N) is 1. The highest BCUT2D eigenvalue weighted by molar-refractivity contribution is 7.92. The molecule has 13 heavy (non-hydrogen) atoms. The topological polar surface area (TPSA) is 46.9 Å². The van der Waals surface area contributed by atoms with Crippen LogP contribution in [-0.4, -0.2) is 10.1 Å². The van der Waals surface area contributed by atoms with Crippen molar-refractivity contribution in [2.24, 2.45) is 0 Å². The van der Waals surface area contributed by atoms with E-state index in [4.69, 9.17) is 5.73 Å². The molecule has 0 fully saturated rings. The van der Waals surface area contributed by atoms with Crippen LogP contribution in [0.2, 0.25) is 0 Å². The Morgan fingerprint density at radius 3 is 2.38 bits per heavy atom. The van der Waals surface area contributed by atoms with Crippen LogP contribution < -0.4 is 5.73 Å². The van der Waals surface area contributed by atoms with Crippen LogP contribution in [0.5, 0.6) is 0 Å². The quantitative estimate of drug-likeness (QED) is 0.653. The molecule has 2 nitrogen and oxygen atoms in total. The van der Waals surface area contributed by atoms with Crippen molar-refractivity contribution in [2.75, 3.05) is 0 Å². The molecular formula is C7H5F3NOS. The number of benzene rings is 1. The van der Waals surface area contributed by atoms with Crippen molar-refractivity contribution in [1.29, 1.82) is 0 Å². The van der Waals surface area contributed by atoms with E-state index in [1.54, 1.807) is 0 Å². The molecule has 1 unspecified atom stereocenters. The predicted molar refractivity (Wildman–Crippen MR) is 41.7 cm³/mol. The lowest BCUT2D eigenvalue weighted by Gasteiger charge is -2.11. The second-order valence-electron chi connectivity index (χ2n) is 2.24. The molecule has 1 radical (unpaired) electrons. The van der Waals surface area contributed by atoms with Crippen molar-refractivity contribution >= 4 is 16.9 Å². The second kappa shape index (κ2) is 3.47. The lowest BCUT2D eigenvalue weighted by Crippen LogP contribution is -2.23. The predicted octanol–water partition coefficient (Wildman–Crippen LogP) is 2.23. The first-order valence-corrected chi connectivity index (χ1v) is 4.36. The SMILES string of the molecule is [NH]c1cccc([S+]([O-])C(F)(F)F)c1. The van der Waals surface area contributed by atoms with Gasteiger partial charge in [0.05, 0.1) is 16.9 Å². The fraction of sp³-hybridized carbons (Fsp3) is 0.143. The third kappa shape index (κ3) is 2.53. The summed E-state index contributed by atoms with van der Waals surface area (Å²) >= 11 is -3.03. The molecule has 71 valence electrons. The Morgan fingerprint density at radius 2 is 1.92 bits per heavy atom. The van der Waals surface area contributed by atoms with Crippen LogP contribution in [0.3, 0.4) is 0 Å². The van der Waals surface area contributed by atoms with E-state index >= 15 is 0 Å². The van der Waals surface area contributed by atoms with Crippen LogP contribution >= 0.6 is 0 Å². The maximum absolute atomic E-state index is 11.9. The first kappa shape index (κ1) is 10.2. The molecule has 0 aliphatic heterocycles. The molecule has 6 heteroatoms. The number of alkyl halides is 3. The first-order valence-electron chi connectivity index (χ1n) is 3.21. The normalized spacial score (nSPS) is 14.2. The Hall–Kier alpha value is -0.880. The summed E-state index contributed by atoms with van der Waals surface area (Å²) in [6.45, 7) is 0. The van der Waals surface area contributed by atoms with E-state index in [-0.39, 0.29) is 10.6 Å². The molecule has 0 spiro atoms. The zero-order valence-corrected chi connectivity index (χ0v) is 7.08. The highest BCUT2D eigenvalue weighted by Gasteiger charge is 2.46. The lowest BCUT2D eigenvalue weighted by atomic mass is 10.3. The zero-order valence-electron chi connectivity index (χ0n) is 6.26. The minimum Gasteiger partial charge on any atom is -0.604 e. The van der Waals surface area contributed by atoms with Gasteiger partial charge in [0.2, 0.25) is 0 Å². The maximum atomic E-state index is 11.9. The third-order valence-electron chi connectivity index (χ3n) is 1.26. The summed E-state index contributed by atoms with van der Waals surface area (Å²) in [5.41, 5.74) is 2.19. The van der Waals surface area contributed by atoms with Gasteiger partial charge in [0.15, 0.2) is 4.90 Å². The first-order chi connectivity index (χ1) is 5.91. The summed E-state index contributed by atoms with van der Waals surface area (Å²) in [5, 5.41) is 0. The number of hydrogen-bond acceptors (Lipinski definition) is 1. The van der Waals surface area contributed by atoms with Crippen LogP contribution in [0.1, 0.15) is 0 Å². The van der Waals surface area contributed by atoms with E-state index in [0.717, 1.165) is 12.1 Å². The lowest BCUT2D eigenvalue weighted by molar-refractivity contribution is -0.0435. The zero-order chi connectivity index (χ0) is 10.1. The van der Waals surface area contributed by atoms with E-state index in [9.17, 15) is 17.7 Å². The fourth-order valence-corrected chi connectivity index (χ4v) is 1.45. The number of rotatable bonds is 1. The summed E-state index contributed by atoms with van der Waals surface area (Å²) in [5.74, 6) is 0. The molecule has 1 aromatic carbocycles. The standard InChI is InChI=1S/C7H5F3NOS/c8-7(9,10)13(12)6-3-1-2-5(11)4-6/h1-4,11H. The van der Waals surface area contributed by atoms with E-state index in [1.807, 2.05) is 0 Å². The van der Waals surface area contributed by atoms with Gasteiger partial charge >= 0.3 is 5.51 Å². The fourth-order valence-electron chi connectivity index (χ4n) is 0.745. The summed E-state index contributed by atoms with van der Waals surface area (Å²) in [6, 6.07) is 4.60. The molecule has 0 bridgehead atoms. The van der Waals surface area contributed by atoms with Gasteiger partial charge in [-0.25, -0.2) is 0 Å². The monoisotopic (exact) mass is 208 g/mol. The third-order valence-corrected chi connectivity index (χ3v) is 2.36. The maximum Gasteiger partial charge on any atom is 0.578 e. The van der Waals surface area contributed by atoms with Gasteiger partial charge in [0.25, 0.3) is 0 Å². The molecule has 1 atom stereocenters. The Balaban J connectivity index is 2.96. The molecule has 0 saturated heterocycles. The van der Waals surface area contributed by atoms with Gasteiger partial charge in [-0.05, 0) is 12.1 Å². The molecule has 1 N–H and O–H groups in total. The Labute approximate surface area is 75.7 Å². The largest absolute Gasteiger partial charge is 0.604 e. The average molecular weight is 208 g/mol. The van der Waals surface area contributed by atoms with Crippen molar-refractivity contribution in [3.63, 3.8) is 0 Å². The average Bonchev–Trinajstić information content (AvgIpc) is 2.01. The molecule has 0 heterocycles. The van der Waals surface area contributed by atoms with E-state index in [2.05, 4.69) is 0 Å². The summed E-state index contributed by atoms with van der Waals surface area (Å²) in [7, 11) is 0. The summed E-state index contributed by atoms with van der Waals surface area (Å²) in [6.07, 6.45) is 0. The van der Waals surface area contributed by atoms with Gasteiger partial charge in [-0.15, -0.1) is 13.2 Å². The second-order valence-corrected chi connectivity index (χ2v) is 3.71. The van der Waals surface area contributed by atoms with Gasteiger partial charge in [0, 0.05) is 6.07 Å². The molecule has 0 saturated carbocycles. The smallest absolute Gasteiger partial charge is 0.578 e. The van der Waals surface area contributed by atoms with Crippen molar-refractivity contribution in [3.8, 4) is 0 Å². The molecule has 0 amide bonds. The van der Waals surface area contributed by atoms with Gasteiger partial charge in [0.1, 0.15) is 0 Å². The van der Waals surface area contributed by atoms with Gasteiger partial charge in [-0.2, -0.15) is 0 Å². The highest BCUT2D eigenvalue weighted by atomic mass is 32.2. The van der Waals surface area contributed by atoms with Gasteiger partial charge < -0.3 is 10.3 Å². The van der Waals surface area contributed by atoms with Crippen LogP contribution in [0.25, 0.3) is 0 Å². The Bertz CT molecular complexity index is 302. The number of hydrogen-bond donors (Lipinski definition) is 0. The van der Waals surface area contributed by atoms with Crippen LogP contribution in [0, 0.1) is 0 Å². The van der Waals surface area contributed by atoms with E-state index < -0.39 is 16.7 Å². The summed E-state index contributed by atoms with van der Waals surface area (Å²) < 4.78 is 46.4. The molecule has 0 aromatic heterocycles. The molecular weight excluding hydrogens is 203 g/mol. The van der Waals surface area contributed by atoms with Crippen LogP contribution in [0.4, 0.5) is 18.9 Å². The molecule has 0 aliphatic carbocycles. The molecule has 1 aromatic rings. The van der Waals surface area contributed by atoms with Crippen molar-refractivity contribution in [3.05, 3.63) is 24.3 Å². The van der Waals surface area contributed by atoms with Crippen molar-refractivity contribution in [1.82, 2.24) is 5.73 Å².